The van der Waals surface area contributed by atoms with Crippen molar-refractivity contribution in [2.45, 2.75) is 26.7 Å². The Bertz CT molecular complexity index is 771. The van der Waals surface area contributed by atoms with Crippen LogP contribution in [-0.2, 0) is 4.79 Å². The molecule has 4 heteroatoms. The third kappa shape index (κ3) is 3.42. The van der Waals surface area contributed by atoms with E-state index in [0.29, 0.717) is 0 Å². The highest BCUT2D eigenvalue weighted by Crippen LogP contribution is 2.30. The minimum absolute atomic E-state index is 0.0824. The molecule has 1 N–H and O–H groups in total. The molecule has 23 heavy (non-hydrogen) atoms. The van der Waals surface area contributed by atoms with E-state index in [4.69, 9.17) is 0 Å². The summed E-state index contributed by atoms with van der Waals surface area (Å²) in [6.07, 6.45) is 1.73. The summed E-state index contributed by atoms with van der Waals surface area (Å²) in [7, 11) is 0. The molecular weight excluding hydrogens is 304 g/mol. The number of hydrogen-bond acceptors (Lipinski definition) is 3. The summed E-state index contributed by atoms with van der Waals surface area (Å²) in [5.74, 6) is 0.182. The minimum Gasteiger partial charge on any atom is -0.326 e. The first-order valence-electron chi connectivity index (χ1n) is 7.98. The van der Waals surface area contributed by atoms with E-state index in [1.165, 1.54) is 4.70 Å². The van der Waals surface area contributed by atoms with Crippen LogP contribution >= 0.6 is 11.3 Å². The molecule has 0 atom stereocenters. The molecule has 2 aromatic carbocycles. The van der Waals surface area contributed by atoms with Crippen molar-refractivity contribution < 1.29 is 4.79 Å². The summed E-state index contributed by atoms with van der Waals surface area (Å²) in [5, 5.41) is 4.00. The molecule has 0 aliphatic heterocycles. The van der Waals surface area contributed by atoms with Crippen molar-refractivity contribution in [3.05, 3.63) is 48.5 Å². The molecule has 3 nitrogen and oxygen atoms in total. The molecule has 0 bridgehead atoms. The number of nitrogens with one attached hydrogen (secondary N) is 1. The smallest absolute Gasteiger partial charge is 0.227 e. The number of fused-ring (bicyclic) bond motifs is 1. The zero-order valence-electron chi connectivity index (χ0n) is 13.4. The van der Waals surface area contributed by atoms with E-state index in [1.54, 1.807) is 11.3 Å². The van der Waals surface area contributed by atoms with Gasteiger partial charge in [-0.2, -0.15) is 0 Å². The fraction of sp³-hybridized carbons (Fsp3) is 0.263. The molecule has 3 rings (SSSR count). The van der Waals surface area contributed by atoms with Crippen LogP contribution in [0.25, 0.3) is 20.8 Å². The number of amides is 1. The van der Waals surface area contributed by atoms with Gasteiger partial charge in [-0.05, 0) is 49.2 Å². The Morgan fingerprint density at radius 3 is 2.43 bits per heavy atom. The van der Waals surface area contributed by atoms with Crippen LogP contribution in [0.1, 0.15) is 26.7 Å². The van der Waals surface area contributed by atoms with Crippen LogP contribution in [0.4, 0.5) is 5.69 Å². The fourth-order valence-electron chi connectivity index (χ4n) is 2.60. The molecule has 1 heterocycles. The Kier molecular flexibility index (Phi) is 4.72. The second-order valence-corrected chi connectivity index (χ2v) is 6.60. The van der Waals surface area contributed by atoms with Gasteiger partial charge in [0.1, 0.15) is 5.01 Å². The molecule has 0 fully saturated rings. The molecule has 0 radical (unpaired) electrons. The Labute approximate surface area is 140 Å². The summed E-state index contributed by atoms with van der Waals surface area (Å²) in [6.45, 7) is 4.09. The van der Waals surface area contributed by atoms with Gasteiger partial charge in [0.15, 0.2) is 0 Å². The highest BCUT2D eigenvalue weighted by Gasteiger charge is 2.14. The lowest BCUT2D eigenvalue weighted by Gasteiger charge is -2.12. The number of para-hydroxylation sites is 1. The summed E-state index contributed by atoms with van der Waals surface area (Å²) in [5.41, 5.74) is 2.94. The number of carbonyl (C=O) groups is 1. The summed E-state index contributed by atoms with van der Waals surface area (Å²) in [4.78, 5) is 16.8. The van der Waals surface area contributed by atoms with Crippen LogP contribution in [0, 0.1) is 5.92 Å². The molecule has 0 spiro atoms. The van der Waals surface area contributed by atoms with Gasteiger partial charge in [-0.15, -0.1) is 11.3 Å². The number of nitrogens with zero attached hydrogens (tertiary/aromatic N) is 1. The van der Waals surface area contributed by atoms with Crippen molar-refractivity contribution in [2.24, 2.45) is 5.92 Å². The largest absolute Gasteiger partial charge is 0.326 e. The molecule has 0 saturated heterocycles. The quantitative estimate of drug-likeness (QED) is 0.688. The van der Waals surface area contributed by atoms with E-state index in [-0.39, 0.29) is 11.8 Å². The number of aromatic nitrogens is 1. The van der Waals surface area contributed by atoms with Crippen molar-refractivity contribution >= 4 is 33.1 Å². The Hall–Kier alpha value is -2.20. The first-order chi connectivity index (χ1) is 11.2. The average molecular weight is 324 g/mol. The van der Waals surface area contributed by atoms with Gasteiger partial charge in [-0.25, -0.2) is 4.98 Å². The van der Waals surface area contributed by atoms with E-state index in [9.17, 15) is 4.79 Å². The van der Waals surface area contributed by atoms with Gasteiger partial charge in [-0.1, -0.05) is 26.0 Å². The lowest BCUT2D eigenvalue weighted by atomic mass is 10.0. The third-order valence-electron chi connectivity index (χ3n) is 4.05. The van der Waals surface area contributed by atoms with E-state index >= 15 is 0 Å². The molecule has 1 amide bonds. The molecule has 0 unspecified atom stereocenters. The maximum atomic E-state index is 12.1. The topological polar surface area (TPSA) is 42.0 Å². The number of anilines is 1. The van der Waals surface area contributed by atoms with E-state index in [0.717, 1.165) is 34.6 Å². The summed E-state index contributed by atoms with van der Waals surface area (Å²) < 4.78 is 1.19. The highest BCUT2D eigenvalue weighted by atomic mass is 32.1. The predicted molar refractivity (Wildman–Crippen MR) is 97.8 cm³/mol. The van der Waals surface area contributed by atoms with Gasteiger partial charge < -0.3 is 5.32 Å². The minimum atomic E-state index is 0.0824. The van der Waals surface area contributed by atoms with Gasteiger partial charge in [0.25, 0.3) is 0 Å². The number of carbonyl (C=O) groups excluding carboxylic acids is 1. The number of thiazole rings is 1. The van der Waals surface area contributed by atoms with Gasteiger partial charge in [0.05, 0.1) is 10.2 Å². The first-order valence-corrected chi connectivity index (χ1v) is 8.79. The molecule has 0 saturated carbocycles. The summed E-state index contributed by atoms with van der Waals surface area (Å²) >= 11 is 1.68. The van der Waals surface area contributed by atoms with Crippen LogP contribution in [-0.4, -0.2) is 10.9 Å². The van der Waals surface area contributed by atoms with Crippen molar-refractivity contribution in [3.8, 4) is 10.6 Å². The van der Waals surface area contributed by atoms with Crippen LogP contribution in [0.2, 0.25) is 0 Å². The number of rotatable bonds is 5. The molecule has 0 aliphatic rings. The van der Waals surface area contributed by atoms with Gasteiger partial charge in [0.2, 0.25) is 5.91 Å². The van der Waals surface area contributed by atoms with Crippen molar-refractivity contribution in [1.29, 1.82) is 0 Å². The monoisotopic (exact) mass is 324 g/mol. The SMILES string of the molecule is CCC(CC)C(=O)Nc1ccc(-c2nc3ccccc3s2)cc1. The lowest BCUT2D eigenvalue weighted by Crippen LogP contribution is -2.21. The van der Waals surface area contributed by atoms with Gasteiger partial charge in [-0.3, -0.25) is 4.79 Å². The third-order valence-corrected chi connectivity index (χ3v) is 5.14. The molecule has 1 aromatic heterocycles. The van der Waals surface area contributed by atoms with Crippen molar-refractivity contribution in [1.82, 2.24) is 4.98 Å². The van der Waals surface area contributed by atoms with Crippen LogP contribution in [0.15, 0.2) is 48.5 Å². The van der Waals surface area contributed by atoms with Crippen LogP contribution in [0.3, 0.4) is 0 Å². The second-order valence-electron chi connectivity index (χ2n) is 5.57. The fourth-order valence-corrected chi connectivity index (χ4v) is 3.57. The van der Waals surface area contributed by atoms with Crippen molar-refractivity contribution in [2.75, 3.05) is 5.32 Å². The Morgan fingerprint density at radius 1 is 1.09 bits per heavy atom. The van der Waals surface area contributed by atoms with E-state index < -0.39 is 0 Å². The predicted octanol–water partition coefficient (Wildman–Crippen LogP) is 5.34. The van der Waals surface area contributed by atoms with Crippen LogP contribution in [0.5, 0.6) is 0 Å². The average Bonchev–Trinajstić information content (AvgIpc) is 3.00. The van der Waals surface area contributed by atoms with E-state index in [2.05, 4.69) is 16.4 Å². The van der Waals surface area contributed by atoms with Gasteiger partial charge >= 0.3 is 0 Å². The number of benzene rings is 2. The van der Waals surface area contributed by atoms with Crippen molar-refractivity contribution in [3.63, 3.8) is 0 Å². The molecular formula is C19H20N2OS. The maximum absolute atomic E-state index is 12.1. The molecule has 118 valence electrons. The second kappa shape index (κ2) is 6.92. The Morgan fingerprint density at radius 2 is 1.78 bits per heavy atom. The normalized spacial score (nSPS) is 11.1. The van der Waals surface area contributed by atoms with Crippen LogP contribution < -0.4 is 5.32 Å². The highest BCUT2D eigenvalue weighted by molar-refractivity contribution is 7.21. The molecule has 3 aromatic rings. The Balaban J connectivity index is 1.78. The van der Waals surface area contributed by atoms with Gasteiger partial charge in [0, 0.05) is 17.2 Å². The zero-order valence-corrected chi connectivity index (χ0v) is 14.2. The standard InChI is InChI=1S/C19H20N2OS/c1-3-13(4-2)18(22)20-15-11-9-14(10-12-15)19-21-16-7-5-6-8-17(16)23-19/h5-13H,3-4H2,1-2H3,(H,20,22). The van der Waals surface area contributed by atoms with E-state index in [1.807, 2.05) is 56.3 Å². The molecule has 0 aliphatic carbocycles. The first kappa shape index (κ1) is 15.7. The zero-order chi connectivity index (χ0) is 16.2. The summed E-state index contributed by atoms with van der Waals surface area (Å²) in [6, 6.07) is 16.1. The maximum Gasteiger partial charge on any atom is 0.227 e. The lowest BCUT2D eigenvalue weighted by molar-refractivity contribution is -0.120. The number of hydrogen-bond donors (Lipinski definition) is 1.